The van der Waals surface area contributed by atoms with Crippen LogP contribution < -0.4 is 9.47 Å². The molecule has 1 saturated heterocycles. The van der Waals surface area contributed by atoms with E-state index in [2.05, 4.69) is 11.6 Å². The van der Waals surface area contributed by atoms with Crippen LogP contribution in [0.1, 0.15) is 51.3 Å². The van der Waals surface area contributed by atoms with Crippen molar-refractivity contribution >= 4 is 34.6 Å². The van der Waals surface area contributed by atoms with Gasteiger partial charge in [-0.2, -0.15) is 0 Å². The predicted molar refractivity (Wildman–Crippen MR) is 149 cm³/mol. The second kappa shape index (κ2) is 12.6. The normalized spacial score (nSPS) is 15.8. The Kier molecular flexibility index (Phi) is 9.52. The van der Waals surface area contributed by atoms with E-state index in [9.17, 15) is 14.9 Å². The lowest BCUT2D eigenvalue weighted by Crippen LogP contribution is -2.35. The quantitative estimate of drug-likeness (QED) is 0.147. The molecule has 0 atom stereocenters. The number of amides is 1. The van der Waals surface area contributed by atoms with Crippen LogP contribution in [-0.4, -0.2) is 39.6 Å². The third-order valence-electron chi connectivity index (χ3n) is 5.37. The van der Waals surface area contributed by atoms with Crippen molar-refractivity contribution in [1.29, 1.82) is 0 Å². The average Bonchev–Trinajstić information content (AvgIpc) is 3.13. The molecule has 1 fully saturated rings. The average molecular weight is 524 g/mol. The van der Waals surface area contributed by atoms with Crippen LogP contribution in [0.4, 0.5) is 5.69 Å². The second-order valence-electron chi connectivity index (χ2n) is 9.03. The van der Waals surface area contributed by atoms with Crippen LogP contribution in [0.15, 0.2) is 59.0 Å². The van der Waals surface area contributed by atoms with Gasteiger partial charge < -0.3 is 9.47 Å². The van der Waals surface area contributed by atoms with Crippen molar-refractivity contribution in [3.05, 3.63) is 80.8 Å². The Morgan fingerprint density at radius 1 is 1.16 bits per heavy atom. The number of benzene rings is 2. The summed E-state index contributed by atoms with van der Waals surface area (Å²) < 4.78 is 12.1. The number of rotatable bonds is 11. The third kappa shape index (κ3) is 7.01. The van der Waals surface area contributed by atoms with Gasteiger partial charge in [-0.05, 0) is 94.3 Å². The van der Waals surface area contributed by atoms with Crippen LogP contribution in [0.2, 0.25) is 0 Å². The molecule has 0 radical (unpaired) electrons. The van der Waals surface area contributed by atoms with Crippen LogP contribution in [0.3, 0.4) is 0 Å². The Bertz CT molecular complexity index is 1220. The lowest BCUT2D eigenvalue weighted by atomic mass is 10.0. The minimum Gasteiger partial charge on any atom is -0.490 e. The lowest BCUT2D eigenvalue weighted by molar-refractivity contribution is -0.384. The van der Waals surface area contributed by atoms with Crippen LogP contribution in [0.5, 0.6) is 11.5 Å². The fraction of sp³-hybridized carbons (Fsp3) is 0.357. The van der Waals surface area contributed by atoms with Crippen LogP contribution >= 0.6 is 11.8 Å². The molecule has 0 N–H and O–H groups in total. The number of hydrogen-bond donors (Lipinski definition) is 0. The Hall–Kier alpha value is -3.59. The fourth-order valence-corrected chi connectivity index (χ4v) is 5.01. The van der Waals surface area contributed by atoms with E-state index in [1.54, 1.807) is 23.1 Å². The number of carbonyl (C=O) groups excluding carboxylic acids is 1. The number of amidine groups is 1. The van der Waals surface area contributed by atoms with Crippen molar-refractivity contribution in [2.24, 2.45) is 4.99 Å². The standard InChI is InChI=1S/C28H33N3O5S/c1-7-9-22-14-21(16-25-27(32)30(19(5)6)28(37-25)29-18(3)4)15-24(35-8-2)26(22)36-17-20-10-12-23(13-11-20)31(33)34/h7,10-16,18-19H,1,8-9,17H2,2-6H3/b25-16+,29-28?. The van der Waals surface area contributed by atoms with E-state index in [-0.39, 0.29) is 30.3 Å². The van der Waals surface area contributed by atoms with Crippen LogP contribution in [-0.2, 0) is 17.8 Å². The minimum absolute atomic E-state index is 0.00564. The molecule has 0 aliphatic carbocycles. The van der Waals surface area contributed by atoms with E-state index in [1.165, 1.54) is 23.9 Å². The zero-order valence-electron chi connectivity index (χ0n) is 21.9. The molecule has 1 aliphatic heterocycles. The van der Waals surface area contributed by atoms with Gasteiger partial charge in [-0.1, -0.05) is 6.08 Å². The number of non-ortho nitro benzene ring substituents is 1. The summed E-state index contributed by atoms with van der Waals surface area (Å²) in [6.45, 7) is 14.3. The zero-order valence-corrected chi connectivity index (χ0v) is 22.7. The highest BCUT2D eigenvalue weighted by atomic mass is 32.2. The smallest absolute Gasteiger partial charge is 0.269 e. The van der Waals surface area contributed by atoms with Gasteiger partial charge in [-0.3, -0.25) is 24.8 Å². The van der Waals surface area contributed by atoms with Gasteiger partial charge in [-0.25, -0.2) is 0 Å². The summed E-state index contributed by atoms with van der Waals surface area (Å²) >= 11 is 1.38. The monoisotopic (exact) mass is 523 g/mol. The van der Waals surface area contributed by atoms with Crippen molar-refractivity contribution in [3.8, 4) is 11.5 Å². The molecule has 0 unspecified atom stereocenters. The first-order valence-electron chi connectivity index (χ1n) is 12.2. The van der Waals surface area contributed by atoms with Crippen molar-refractivity contribution in [2.75, 3.05) is 6.61 Å². The third-order valence-corrected chi connectivity index (χ3v) is 6.37. The second-order valence-corrected chi connectivity index (χ2v) is 10.0. The molecule has 8 nitrogen and oxygen atoms in total. The Morgan fingerprint density at radius 2 is 1.86 bits per heavy atom. The first-order valence-corrected chi connectivity index (χ1v) is 13.0. The SMILES string of the molecule is C=CCc1cc(/C=C2/SC(=NC(C)C)N(C(C)C)C2=O)cc(OCC)c1OCc1ccc([N+](=O)[O-])cc1. The Morgan fingerprint density at radius 3 is 2.43 bits per heavy atom. The summed E-state index contributed by atoms with van der Waals surface area (Å²) in [5, 5.41) is 11.6. The molecular formula is C28H33N3O5S. The molecule has 1 heterocycles. The summed E-state index contributed by atoms with van der Waals surface area (Å²) in [4.78, 5) is 30.7. The van der Waals surface area contributed by atoms with Crippen LogP contribution in [0, 0.1) is 10.1 Å². The van der Waals surface area contributed by atoms with Gasteiger partial charge in [0.25, 0.3) is 11.6 Å². The predicted octanol–water partition coefficient (Wildman–Crippen LogP) is 6.39. The molecule has 0 saturated carbocycles. The number of nitro groups is 1. The number of thioether (sulfide) groups is 1. The van der Waals surface area contributed by atoms with Gasteiger partial charge in [0.05, 0.1) is 16.4 Å². The molecule has 1 aliphatic rings. The van der Waals surface area contributed by atoms with Gasteiger partial charge in [-0.15, -0.1) is 6.58 Å². The largest absolute Gasteiger partial charge is 0.490 e. The van der Waals surface area contributed by atoms with E-state index in [1.807, 2.05) is 52.8 Å². The summed E-state index contributed by atoms with van der Waals surface area (Å²) in [6.07, 6.45) is 4.18. The van der Waals surface area contributed by atoms with Gasteiger partial charge in [0.1, 0.15) is 6.61 Å². The van der Waals surface area contributed by atoms with E-state index >= 15 is 0 Å². The van der Waals surface area contributed by atoms with E-state index < -0.39 is 4.92 Å². The molecule has 0 bridgehead atoms. The van der Waals surface area contributed by atoms with Gasteiger partial charge in [0.15, 0.2) is 16.7 Å². The van der Waals surface area contributed by atoms with Crippen molar-refractivity contribution in [1.82, 2.24) is 4.90 Å². The molecular weight excluding hydrogens is 490 g/mol. The minimum atomic E-state index is -0.432. The maximum absolute atomic E-state index is 13.2. The molecule has 2 aromatic rings. The van der Waals surface area contributed by atoms with Crippen molar-refractivity contribution in [3.63, 3.8) is 0 Å². The van der Waals surface area contributed by atoms with Gasteiger partial charge in [0, 0.05) is 29.8 Å². The highest BCUT2D eigenvalue weighted by Crippen LogP contribution is 2.38. The molecule has 196 valence electrons. The number of aliphatic imine (C=N–C) groups is 1. The summed E-state index contributed by atoms with van der Waals surface area (Å²) in [7, 11) is 0. The molecule has 3 rings (SSSR count). The maximum Gasteiger partial charge on any atom is 0.269 e. The topological polar surface area (TPSA) is 94.3 Å². The Balaban J connectivity index is 1.96. The molecule has 9 heteroatoms. The van der Waals surface area contributed by atoms with Crippen molar-refractivity contribution < 1.29 is 19.2 Å². The number of nitrogens with zero attached hydrogens (tertiary/aromatic N) is 3. The summed E-state index contributed by atoms with van der Waals surface area (Å²) in [5.41, 5.74) is 2.50. The molecule has 37 heavy (non-hydrogen) atoms. The van der Waals surface area contributed by atoms with E-state index in [0.717, 1.165) is 16.7 Å². The maximum atomic E-state index is 13.2. The molecule has 2 aromatic carbocycles. The van der Waals surface area contributed by atoms with Gasteiger partial charge >= 0.3 is 0 Å². The molecule has 0 spiro atoms. The number of ether oxygens (including phenoxy) is 2. The number of nitro benzene ring substituents is 1. The number of hydrogen-bond acceptors (Lipinski definition) is 7. The first kappa shape index (κ1) is 28.0. The van der Waals surface area contributed by atoms with E-state index in [4.69, 9.17) is 9.47 Å². The summed E-state index contributed by atoms with van der Waals surface area (Å²) in [5.74, 6) is 1.07. The first-order chi connectivity index (χ1) is 17.6. The van der Waals surface area contributed by atoms with Crippen LogP contribution in [0.25, 0.3) is 6.08 Å². The highest BCUT2D eigenvalue weighted by molar-refractivity contribution is 8.18. The van der Waals surface area contributed by atoms with E-state index in [0.29, 0.717) is 34.6 Å². The Labute approximate surface area is 222 Å². The molecule has 1 amide bonds. The summed E-state index contributed by atoms with van der Waals surface area (Å²) in [6, 6.07) is 10.1. The number of carbonyl (C=O) groups is 1. The zero-order chi connectivity index (χ0) is 27.1. The fourth-order valence-electron chi connectivity index (χ4n) is 3.77. The molecule has 0 aromatic heterocycles. The van der Waals surface area contributed by atoms with Crippen molar-refractivity contribution in [2.45, 2.75) is 59.7 Å². The van der Waals surface area contributed by atoms with Gasteiger partial charge in [0.2, 0.25) is 0 Å². The number of allylic oxidation sites excluding steroid dienone is 1. The highest BCUT2D eigenvalue weighted by Gasteiger charge is 2.35. The lowest BCUT2D eigenvalue weighted by Gasteiger charge is -2.20.